The number of piperidine rings is 1. The zero-order valence-electron chi connectivity index (χ0n) is 16.4. The van der Waals surface area contributed by atoms with Gasteiger partial charge in [0.2, 0.25) is 11.8 Å². The summed E-state index contributed by atoms with van der Waals surface area (Å²) in [6.45, 7) is 7.80. The molecule has 1 fully saturated rings. The molecule has 0 atom stereocenters. The van der Waals surface area contributed by atoms with Gasteiger partial charge in [0.15, 0.2) is 0 Å². The molecule has 2 rings (SSSR count). The molecule has 1 aromatic rings. The maximum atomic E-state index is 12.5. The van der Waals surface area contributed by atoms with Crippen molar-refractivity contribution in [2.45, 2.75) is 58.5 Å². The van der Waals surface area contributed by atoms with Crippen molar-refractivity contribution in [3.63, 3.8) is 0 Å². The van der Waals surface area contributed by atoms with E-state index >= 15 is 0 Å². The fraction of sp³-hybridized carbons (Fsp3) is 0.737. The lowest BCUT2D eigenvalue weighted by molar-refractivity contribution is -0.132. The highest BCUT2D eigenvalue weighted by molar-refractivity contribution is 5.76. The van der Waals surface area contributed by atoms with Crippen LogP contribution in [0.2, 0.25) is 0 Å². The quantitative estimate of drug-likeness (QED) is 0.718. The maximum Gasteiger partial charge on any atom is 0.223 e. The molecule has 1 aliphatic rings. The number of rotatable bonds is 9. The first-order chi connectivity index (χ1) is 12.5. The van der Waals surface area contributed by atoms with Crippen LogP contribution >= 0.6 is 0 Å². The number of carbonyl (C=O) groups is 2. The third kappa shape index (κ3) is 6.12. The van der Waals surface area contributed by atoms with Crippen molar-refractivity contribution in [1.82, 2.24) is 24.7 Å². The van der Waals surface area contributed by atoms with E-state index in [0.717, 1.165) is 51.3 Å². The Morgan fingerprint density at radius 1 is 1.35 bits per heavy atom. The third-order valence-electron chi connectivity index (χ3n) is 5.11. The molecule has 0 radical (unpaired) electrons. The minimum absolute atomic E-state index is 0.0124. The summed E-state index contributed by atoms with van der Waals surface area (Å²) in [4.78, 5) is 32.1. The van der Waals surface area contributed by atoms with Crippen LogP contribution in [0.3, 0.4) is 0 Å². The van der Waals surface area contributed by atoms with E-state index in [2.05, 4.69) is 33.7 Å². The van der Waals surface area contributed by atoms with Crippen LogP contribution in [0.4, 0.5) is 0 Å². The number of likely N-dealkylation sites (tertiary alicyclic amines) is 1. The highest BCUT2D eigenvalue weighted by Gasteiger charge is 2.25. The molecule has 2 amide bonds. The summed E-state index contributed by atoms with van der Waals surface area (Å²) in [7, 11) is 2.09. The van der Waals surface area contributed by atoms with Crippen LogP contribution in [-0.4, -0.2) is 70.4 Å². The molecule has 0 aromatic carbocycles. The van der Waals surface area contributed by atoms with Gasteiger partial charge in [0.1, 0.15) is 5.82 Å². The lowest BCUT2D eigenvalue weighted by Gasteiger charge is -2.36. The lowest BCUT2D eigenvalue weighted by atomic mass is 10.0. The number of hydrogen-bond acceptors (Lipinski definition) is 4. The lowest BCUT2D eigenvalue weighted by Crippen LogP contribution is -2.47. The molecule has 0 unspecified atom stereocenters. The van der Waals surface area contributed by atoms with Gasteiger partial charge < -0.3 is 19.7 Å². The highest BCUT2D eigenvalue weighted by Crippen LogP contribution is 2.16. The number of likely N-dealkylation sites (N-methyl/N-ethyl adjacent to an activating group) is 1. The van der Waals surface area contributed by atoms with E-state index < -0.39 is 0 Å². The molecule has 0 spiro atoms. The smallest absolute Gasteiger partial charge is 0.223 e. The van der Waals surface area contributed by atoms with Gasteiger partial charge >= 0.3 is 0 Å². The molecular formula is C19H33N5O2. The van der Waals surface area contributed by atoms with Crippen LogP contribution in [0.5, 0.6) is 0 Å². The number of amides is 2. The van der Waals surface area contributed by atoms with Crippen LogP contribution in [0.15, 0.2) is 12.4 Å². The first-order valence-corrected chi connectivity index (χ1v) is 9.73. The normalized spacial score (nSPS) is 15.5. The number of nitrogens with one attached hydrogen (secondary N) is 1. The Hall–Kier alpha value is -1.89. The Morgan fingerprint density at radius 2 is 2.08 bits per heavy atom. The van der Waals surface area contributed by atoms with Crippen LogP contribution in [0.1, 0.15) is 45.4 Å². The summed E-state index contributed by atoms with van der Waals surface area (Å²) in [5.41, 5.74) is 0. The van der Waals surface area contributed by atoms with Gasteiger partial charge in [-0.1, -0.05) is 6.92 Å². The van der Waals surface area contributed by atoms with Crippen molar-refractivity contribution in [3.8, 4) is 0 Å². The first kappa shape index (κ1) is 20.4. The summed E-state index contributed by atoms with van der Waals surface area (Å²) in [6.07, 6.45) is 8.11. The van der Waals surface area contributed by atoms with Gasteiger partial charge in [0.05, 0.1) is 0 Å². The SMILES string of the molecule is CCCn1ccnc1CCC(=O)N1CCC(N(C)CCNC(C)=O)CC1. The minimum Gasteiger partial charge on any atom is -0.355 e. The van der Waals surface area contributed by atoms with Crippen LogP contribution in [-0.2, 0) is 22.6 Å². The second kappa shape index (κ2) is 10.3. The predicted molar refractivity (Wildman–Crippen MR) is 102 cm³/mol. The molecule has 1 aliphatic heterocycles. The number of imidazole rings is 1. The molecule has 1 saturated heterocycles. The molecule has 2 heterocycles. The maximum absolute atomic E-state index is 12.5. The molecule has 0 saturated carbocycles. The van der Waals surface area contributed by atoms with E-state index in [-0.39, 0.29) is 11.8 Å². The van der Waals surface area contributed by atoms with E-state index in [9.17, 15) is 9.59 Å². The van der Waals surface area contributed by atoms with Crippen molar-refractivity contribution >= 4 is 11.8 Å². The Bertz CT molecular complexity index is 578. The zero-order valence-corrected chi connectivity index (χ0v) is 16.4. The van der Waals surface area contributed by atoms with Crippen LogP contribution < -0.4 is 5.32 Å². The Labute approximate surface area is 156 Å². The zero-order chi connectivity index (χ0) is 18.9. The fourth-order valence-corrected chi connectivity index (χ4v) is 3.54. The average molecular weight is 364 g/mol. The van der Waals surface area contributed by atoms with Crippen molar-refractivity contribution in [1.29, 1.82) is 0 Å². The largest absolute Gasteiger partial charge is 0.355 e. The number of carbonyl (C=O) groups excluding carboxylic acids is 2. The molecular weight excluding hydrogens is 330 g/mol. The van der Waals surface area contributed by atoms with Crippen molar-refractivity contribution < 1.29 is 9.59 Å². The summed E-state index contributed by atoms with van der Waals surface area (Å²) in [5.74, 6) is 1.25. The number of nitrogens with zero attached hydrogens (tertiary/aromatic N) is 4. The molecule has 26 heavy (non-hydrogen) atoms. The van der Waals surface area contributed by atoms with E-state index in [1.807, 2.05) is 17.3 Å². The number of aromatic nitrogens is 2. The highest BCUT2D eigenvalue weighted by atomic mass is 16.2. The van der Waals surface area contributed by atoms with E-state index in [0.29, 0.717) is 25.4 Å². The van der Waals surface area contributed by atoms with Gasteiger partial charge in [-0.3, -0.25) is 9.59 Å². The summed E-state index contributed by atoms with van der Waals surface area (Å²) < 4.78 is 2.14. The Kier molecular flexibility index (Phi) is 8.09. The molecule has 0 aliphatic carbocycles. The van der Waals surface area contributed by atoms with Gasteiger partial charge in [-0.15, -0.1) is 0 Å². The van der Waals surface area contributed by atoms with Gasteiger partial charge in [0, 0.05) is 70.9 Å². The second-order valence-corrected chi connectivity index (χ2v) is 7.11. The summed E-state index contributed by atoms with van der Waals surface area (Å²) in [6, 6.07) is 0.483. The fourth-order valence-electron chi connectivity index (χ4n) is 3.54. The number of hydrogen-bond donors (Lipinski definition) is 1. The molecule has 1 aromatic heterocycles. The Morgan fingerprint density at radius 3 is 2.73 bits per heavy atom. The van der Waals surface area contributed by atoms with Crippen LogP contribution in [0.25, 0.3) is 0 Å². The molecule has 0 bridgehead atoms. The molecule has 1 N–H and O–H groups in total. The monoisotopic (exact) mass is 363 g/mol. The summed E-state index contributed by atoms with van der Waals surface area (Å²) >= 11 is 0. The van der Waals surface area contributed by atoms with Gasteiger partial charge in [-0.05, 0) is 26.3 Å². The summed E-state index contributed by atoms with van der Waals surface area (Å²) in [5, 5.41) is 2.83. The minimum atomic E-state index is 0.0124. The van der Waals surface area contributed by atoms with Gasteiger partial charge in [-0.25, -0.2) is 4.98 Å². The van der Waals surface area contributed by atoms with Crippen LogP contribution in [0, 0.1) is 0 Å². The topological polar surface area (TPSA) is 70.5 Å². The molecule has 146 valence electrons. The number of aryl methyl sites for hydroxylation is 2. The van der Waals surface area contributed by atoms with E-state index in [4.69, 9.17) is 0 Å². The van der Waals surface area contributed by atoms with Crippen molar-refractivity contribution in [2.75, 3.05) is 33.2 Å². The first-order valence-electron chi connectivity index (χ1n) is 9.73. The third-order valence-corrected chi connectivity index (χ3v) is 5.11. The van der Waals surface area contributed by atoms with E-state index in [1.54, 1.807) is 6.92 Å². The molecule has 7 nitrogen and oxygen atoms in total. The van der Waals surface area contributed by atoms with Crippen molar-refractivity contribution in [2.24, 2.45) is 0 Å². The average Bonchev–Trinajstić information content (AvgIpc) is 3.07. The molecule has 7 heteroatoms. The van der Waals surface area contributed by atoms with Crippen molar-refractivity contribution in [3.05, 3.63) is 18.2 Å². The van der Waals surface area contributed by atoms with Gasteiger partial charge in [0.25, 0.3) is 0 Å². The van der Waals surface area contributed by atoms with E-state index in [1.165, 1.54) is 0 Å². The predicted octanol–water partition coefficient (Wildman–Crippen LogP) is 1.28. The Balaban J connectivity index is 1.70. The standard InChI is InChI=1S/C19H33N5O2/c1-4-11-23-15-10-21-18(23)5-6-19(26)24-12-7-17(8-13-24)22(3)14-9-20-16(2)25/h10,15,17H,4-9,11-14H2,1-3H3,(H,20,25). The van der Waals surface area contributed by atoms with Gasteiger partial charge in [-0.2, -0.15) is 0 Å². The second-order valence-electron chi connectivity index (χ2n) is 7.11.